The standard InChI is InChI=1S/C21H24N2O3/c1-15-3-2-4-16(13-15)14-23-11-9-17(10-12-23)20(24)22-19-7-5-18(6-8-19)21(25)26/h2-8,13,17H,9-12,14H2,1H3,(H,22,24)(H,25,26). The minimum Gasteiger partial charge on any atom is -0.478 e. The number of rotatable bonds is 5. The van der Waals surface area contributed by atoms with Crippen molar-refractivity contribution in [1.29, 1.82) is 0 Å². The van der Waals surface area contributed by atoms with E-state index in [1.54, 1.807) is 12.1 Å². The van der Waals surface area contributed by atoms with Crippen LogP contribution in [0.2, 0.25) is 0 Å². The summed E-state index contributed by atoms with van der Waals surface area (Å²) in [6, 6.07) is 14.8. The molecule has 0 spiro atoms. The first kappa shape index (κ1) is 18.1. The van der Waals surface area contributed by atoms with Gasteiger partial charge >= 0.3 is 5.97 Å². The lowest BCUT2D eigenvalue weighted by Gasteiger charge is -2.31. The van der Waals surface area contributed by atoms with Crippen molar-refractivity contribution < 1.29 is 14.7 Å². The highest BCUT2D eigenvalue weighted by Crippen LogP contribution is 2.21. The van der Waals surface area contributed by atoms with Crippen LogP contribution in [0.1, 0.15) is 34.3 Å². The van der Waals surface area contributed by atoms with Gasteiger partial charge in [0.1, 0.15) is 0 Å². The molecule has 2 aromatic rings. The number of nitrogens with zero attached hydrogens (tertiary/aromatic N) is 1. The van der Waals surface area contributed by atoms with Gasteiger partial charge in [0, 0.05) is 18.2 Å². The fourth-order valence-electron chi connectivity index (χ4n) is 3.36. The molecule has 0 saturated carbocycles. The molecule has 3 rings (SSSR count). The predicted octanol–water partition coefficient (Wildman–Crippen LogP) is 3.54. The number of nitrogens with one attached hydrogen (secondary N) is 1. The number of hydrogen-bond donors (Lipinski definition) is 2. The van der Waals surface area contributed by atoms with Gasteiger partial charge in [-0.25, -0.2) is 4.79 Å². The number of anilines is 1. The molecule has 26 heavy (non-hydrogen) atoms. The zero-order valence-electron chi connectivity index (χ0n) is 14.9. The van der Waals surface area contributed by atoms with Crippen LogP contribution in [-0.4, -0.2) is 35.0 Å². The molecule has 0 unspecified atom stereocenters. The molecule has 1 saturated heterocycles. The van der Waals surface area contributed by atoms with Crippen LogP contribution in [0.3, 0.4) is 0 Å². The summed E-state index contributed by atoms with van der Waals surface area (Å²) in [5, 5.41) is 11.8. The summed E-state index contributed by atoms with van der Waals surface area (Å²) in [5.41, 5.74) is 3.44. The van der Waals surface area contributed by atoms with Gasteiger partial charge in [0.15, 0.2) is 0 Å². The zero-order chi connectivity index (χ0) is 18.5. The van der Waals surface area contributed by atoms with Crippen LogP contribution in [0.25, 0.3) is 0 Å². The quantitative estimate of drug-likeness (QED) is 0.863. The molecule has 2 N–H and O–H groups in total. The summed E-state index contributed by atoms with van der Waals surface area (Å²) in [6.45, 7) is 4.84. The van der Waals surface area contributed by atoms with Gasteiger partial charge in [-0.3, -0.25) is 9.69 Å². The Balaban J connectivity index is 1.49. The number of benzene rings is 2. The maximum absolute atomic E-state index is 12.4. The molecule has 0 aromatic heterocycles. The van der Waals surface area contributed by atoms with Crippen molar-refractivity contribution in [3.05, 3.63) is 65.2 Å². The summed E-state index contributed by atoms with van der Waals surface area (Å²) in [5.74, 6) is -0.949. The molecular weight excluding hydrogens is 328 g/mol. The van der Waals surface area contributed by atoms with Crippen LogP contribution in [0, 0.1) is 12.8 Å². The second-order valence-corrected chi connectivity index (χ2v) is 6.91. The third-order valence-electron chi connectivity index (χ3n) is 4.85. The lowest BCUT2D eigenvalue weighted by atomic mass is 9.95. The van der Waals surface area contributed by atoms with E-state index in [0.29, 0.717) is 5.69 Å². The lowest BCUT2D eigenvalue weighted by molar-refractivity contribution is -0.121. The van der Waals surface area contributed by atoms with Crippen LogP contribution < -0.4 is 5.32 Å². The van der Waals surface area contributed by atoms with E-state index in [0.717, 1.165) is 32.5 Å². The number of amides is 1. The first-order valence-corrected chi connectivity index (χ1v) is 8.93. The van der Waals surface area contributed by atoms with E-state index in [1.165, 1.54) is 23.3 Å². The Morgan fingerprint density at radius 1 is 1.12 bits per heavy atom. The Hall–Kier alpha value is -2.66. The summed E-state index contributed by atoms with van der Waals surface area (Å²) >= 11 is 0. The van der Waals surface area contributed by atoms with Gasteiger partial charge in [-0.05, 0) is 62.7 Å². The molecule has 0 atom stereocenters. The van der Waals surface area contributed by atoms with E-state index in [2.05, 4.69) is 41.4 Å². The van der Waals surface area contributed by atoms with E-state index in [-0.39, 0.29) is 17.4 Å². The van der Waals surface area contributed by atoms with Crippen molar-refractivity contribution in [2.45, 2.75) is 26.3 Å². The van der Waals surface area contributed by atoms with Crippen LogP contribution in [0.15, 0.2) is 48.5 Å². The normalized spacial score (nSPS) is 15.6. The highest BCUT2D eigenvalue weighted by Gasteiger charge is 2.25. The minimum atomic E-state index is -0.969. The zero-order valence-corrected chi connectivity index (χ0v) is 14.9. The monoisotopic (exact) mass is 352 g/mol. The summed E-state index contributed by atoms with van der Waals surface area (Å²) in [7, 11) is 0. The van der Waals surface area contributed by atoms with E-state index < -0.39 is 5.97 Å². The van der Waals surface area contributed by atoms with Crippen LogP contribution in [0.5, 0.6) is 0 Å². The Kier molecular flexibility index (Phi) is 5.68. The van der Waals surface area contributed by atoms with Gasteiger partial charge in [0.2, 0.25) is 5.91 Å². The Morgan fingerprint density at radius 2 is 1.81 bits per heavy atom. The molecule has 1 aliphatic heterocycles. The molecule has 136 valence electrons. The Labute approximate surface area is 153 Å². The van der Waals surface area contributed by atoms with Gasteiger partial charge in [-0.1, -0.05) is 29.8 Å². The van der Waals surface area contributed by atoms with Gasteiger partial charge in [-0.2, -0.15) is 0 Å². The minimum absolute atomic E-state index is 0.00269. The lowest BCUT2D eigenvalue weighted by Crippen LogP contribution is -2.37. The maximum Gasteiger partial charge on any atom is 0.335 e. The topological polar surface area (TPSA) is 69.6 Å². The molecule has 1 fully saturated rings. The van der Waals surface area contributed by atoms with Crippen molar-refractivity contribution in [3.8, 4) is 0 Å². The van der Waals surface area contributed by atoms with Crippen molar-refractivity contribution in [2.75, 3.05) is 18.4 Å². The van der Waals surface area contributed by atoms with E-state index >= 15 is 0 Å². The Bertz CT molecular complexity index is 778. The Morgan fingerprint density at radius 3 is 2.42 bits per heavy atom. The molecule has 5 heteroatoms. The van der Waals surface area contributed by atoms with Crippen LogP contribution >= 0.6 is 0 Å². The SMILES string of the molecule is Cc1cccc(CN2CCC(C(=O)Nc3ccc(C(=O)O)cc3)CC2)c1. The largest absolute Gasteiger partial charge is 0.478 e. The average molecular weight is 352 g/mol. The average Bonchev–Trinajstić information content (AvgIpc) is 2.63. The molecule has 1 aliphatic rings. The molecular formula is C21H24N2O3. The van der Waals surface area contributed by atoms with Crippen LogP contribution in [0.4, 0.5) is 5.69 Å². The molecule has 1 heterocycles. The second kappa shape index (κ2) is 8.15. The number of hydrogen-bond acceptors (Lipinski definition) is 3. The molecule has 0 radical (unpaired) electrons. The summed E-state index contributed by atoms with van der Waals surface area (Å²) in [6.07, 6.45) is 1.68. The number of aryl methyl sites for hydroxylation is 1. The fourth-order valence-corrected chi connectivity index (χ4v) is 3.36. The second-order valence-electron chi connectivity index (χ2n) is 6.91. The van der Waals surface area contributed by atoms with Crippen molar-refractivity contribution >= 4 is 17.6 Å². The highest BCUT2D eigenvalue weighted by molar-refractivity contribution is 5.93. The third kappa shape index (κ3) is 4.70. The maximum atomic E-state index is 12.4. The number of aromatic carboxylic acids is 1. The van der Waals surface area contributed by atoms with Gasteiger partial charge in [-0.15, -0.1) is 0 Å². The number of carbonyl (C=O) groups is 2. The van der Waals surface area contributed by atoms with Gasteiger partial charge < -0.3 is 10.4 Å². The van der Waals surface area contributed by atoms with E-state index in [9.17, 15) is 9.59 Å². The molecule has 5 nitrogen and oxygen atoms in total. The predicted molar refractivity (Wildman–Crippen MR) is 101 cm³/mol. The fraction of sp³-hybridized carbons (Fsp3) is 0.333. The molecule has 0 bridgehead atoms. The van der Waals surface area contributed by atoms with Gasteiger partial charge in [0.05, 0.1) is 5.56 Å². The third-order valence-corrected chi connectivity index (χ3v) is 4.85. The van der Waals surface area contributed by atoms with E-state index in [1.807, 2.05) is 0 Å². The number of carboxylic acid groups (broad SMARTS) is 1. The number of carbonyl (C=O) groups excluding carboxylic acids is 1. The summed E-state index contributed by atoms with van der Waals surface area (Å²) < 4.78 is 0. The smallest absolute Gasteiger partial charge is 0.335 e. The number of likely N-dealkylation sites (tertiary alicyclic amines) is 1. The summed E-state index contributed by atoms with van der Waals surface area (Å²) in [4.78, 5) is 25.7. The molecule has 0 aliphatic carbocycles. The van der Waals surface area contributed by atoms with Crippen molar-refractivity contribution in [3.63, 3.8) is 0 Å². The molecule has 2 aromatic carbocycles. The highest BCUT2D eigenvalue weighted by atomic mass is 16.4. The van der Waals surface area contributed by atoms with E-state index in [4.69, 9.17) is 5.11 Å². The van der Waals surface area contributed by atoms with Crippen molar-refractivity contribution in [1.82, 2.24) is 4.90 Å². The molecule has 1 amide bonds. The number of carboxylic acids is 1. The van der Waals surface area contributed by atoms with Gasteiger partial charge in [0.25, 0.3) is 0 Å². The van der Waals surface area contributed by atoms with Crippen LogP contribution in [-0.2, 0) is 11.3 Å². The van der Waals surface area contributed by atoms with Crippen molar-refractivity contribution in [2.24, 2.45) is 5.92 Å². The first-order valence-electron chi connectivity index (χ1n) is 8.93. The first-order chi connectivity index (χ1) is 12.5. The number of piperidine rings is 1.